The Morgan fingerprint density at radius 1 is 1.10 bits per heavy atom. The van der Waals surface area contributed by atoms with Gasteiger partial charge in [0.25, 0.3) is 0 Å². The molecule has 0 atom stereocenters. The smallest absolute Gasteiger partial charge is 0.423 e. The highest BCUT2D eigenvalue weighted by atomic mass is 35.5. The van der Waals surface area contributed by atoms with Crippen molar-refractivity contribution < 1.29 is 17.9 Å². The number of ether oxygens (including phenoxy) is 1. The number of hydrogen-bond acceptors (Lipinski definition) is 3. The third-order valence-electron chi connectivity index (χ3n) is 5.88. The van der Waals surface area contributed by atoms with Crippen LogP contribution in [0.25, 0.3) is 5.65 Å². The molecule has 2 saturated carbocycles. The minimum absolute atomic E-state index is 0.178. The molecule has 2 aliphatic carbocycles. The van der Waals surface area contributed by atoms with Crippen molar-refractivity contribution in [2.45, 2.75) is 43.7 Å². The molecule has 8 heteroatoms. The lowest BCUT2D eigenvalue weighted by Crippen LogP contribution is -2.20. The van der Waals surface area contributed by atoms with Crippen LogP contribution in [-0.4, -0.2) is 21.2 Å². The summed E-state index contributed by atoms with van der Waals surface area (Å²) in [5.41, 5.74) is -0.279. The third-order valence-corrected chi connectivity index (χ3v) is 6.13. The molecule has 2 aromatic heterocycles. The molecule has 2 fully saturated rings. The molecule has 5 rings (SSSR count). The van der Waals surface area contributed by atoms with Crippen LogP contribution in [0, 0.1) is 5.92 Å². The Morgan fingerprint density at radius 3 is 2.45 bits per heavy atom. The lowest BCUT2D eigenvalue weighted by atomic mass is 9.97. The Bertz CT molecular complexity index is 1050. The number of nitrogens with zero attached hydrogens (tertiary/aromatic N) is 3. The quantitative estimate of drug-likeness (QED) is 0.530. The SMILES string of the molecule is FC(F)(F)c1c(OCC2(c3ccc(Cl)cc3)CC2)ccn2c(CC3CC3)nnc12. The molecular weight excluding hydrogens is 403 g/mol. The number of hydrogen-bond donors (Lipinski definition) is 0. The number of aromatic nitrogens is 3. The van der Waals surface area contributed by atoms with Crippen molar-refractivity contribution in [3.63, 3.8) is 0 Å². The lowest BCUT2D eigenvalue weighted by molar-refractivity contribution is -0.138. The first-order valence-corrected chi connectivity index (χ1v) is 10.1. The van der Waals surface area contributed by atoms with E-state index in [0.29, 0.717) is 23.2 Å². The second kappa shape index (κ2) is 6.62. The number of fused-ring (bicyclic) bond motifs is 1. The van der Waals surface area contributed by atoms with Gasteiger partial charge in [0, 0.05) is 23.1 Å². The van der Waals surface area contributed by atoms with Crippen LogP contribution in [0.3, 0.4) is 0 Å². The van der Waals surface area contributed by atoms with E-state index >= 15 is 0 Å². The van der Waals surface area contributed by atoms with Crippen molar-refractivity contribution >= 4 is 17.2 Å². The average molecular weight is 422 g/mol. The van der Waals surface area contributed by atoms with E-state index in [4.69, 9.17) is 16.3 Å². The first-order valence-electron chi connectivity index (χ1n) is 9.68. The summed E-state index contributed by atoms with van der Waals surface area (Å²) in [5, 5.41) is 8.49. The van der Waals surface area contributed by atoms with Crippen molar-refractivity contribution in [3.05, 3.63) is 58.5 Å². The molecule has 0 spiro atoms. The fraction of sp³-hybridized carbons (Fsp3) is 0.429. The van der Waals surface area contributed by atoms with Gasteiger partial charge in [0.2, 0.25) is 0 Å². The Morgan fingerprint density at radius 2 is 1.83 bits per heavy atom. The summed E-state index contributed by atoms with van der Waals surface area (Å²) < 4.78 is 48.9. The highest BCUT2D eigenvalue weighted by molar-refractivity contribution is 6.30. The Hall–Kier alpha value is -2.28. The molecule has 0 aliphatic heterocycles. The van der Waals surface area contributed by atoms with Crippen LogP contribution in [0.5, 0.6) is 5.75 Å². The summed E-state index contributed by atoms with van der Waals surface area (Å²) in [5.74, 6) is 0.872. The van der Waals surface area contributed by atoms with Crippen LogP contribution in [0.15, 0.2) is 36.5 Å². The van der Waals surface area contributed by atoms with Crippen LogP contribution in [-0.2, 0) is 18.0 Å². The average Bonchev–Trinajstić information content (AvgIpc) is 3.59. The molecule has 4 nitrogen and oxygen atoms in total. The Balaban J connectivity index is 1.45. The molecule has 0 saturated heterocycles. The standard InChI is InChI=1S/C21H19ClF3N3O/c22-15-5-3-14(4-6-15)20(8-9-20)12-29-16-7-10-28-17(11-13-1-2-13)26-27-19(28)18(16)21(23,24)25/h3-7,10,13H,1-2,8-9,11-12H2. The molecule has 2 heterocycles. The molecule has 1 aromatic carbocycles. The van der Waals surface area contributed by atoms with Gasteiger partial charge >= 0.3 is 6.18 Å². The summed E-state index contributed by atoms with van der Waals surface area (Å²) in [6, 6.07) is 8.79. The van der Waals surface area contributed by atoms with Gasteiger partial charge in [-0.2, -0.15) is 13.2 Å². The Kier molecular flexibility index (Phi) is 4.28. The summed E-state index contributed by atoms with van der Waals surface area (Å²) in [6.45, 7) is 0.178. The number of halogens is 4. The predicted molar refractivity (Wildman–Crippen MR) is 102 cm³/mol. The first-order chi connectivity index (χ1) is 13.9. The molecule has 3 aromatic rings. The van der Waals surface area contributed by atoms with Crippen LogP contribution in [0.4, 0.5) is 13.2 Å². The van der Waals surface area contributed by atoms with E-state index in [1.807, 2.05) is 12.1 Å². The van der Waals surface area contributed by atoms with Gasteiger partial charge in [-0.25, -0.2) is 0 Å². The highest BCUT2D eigenvalue weighted by Gasteiger charge is 2.46. The number of benzene rings is 1. The highest BCUT2D eigenvalue weighted by Crippen LogP contribution is 2.49. The van der Waals surface area contributed by atoms with E-state index < -0.39 is 11.7 Å². The Labute approximate surface area is 170 Å². The zero-order valence-electron chi connectivity index (χ0n) is 15.5. The molecule has 152 valence electrons. The van der Waals surface area contributed by atoms with Crippen LogP contribution in [0.1, 0.15) is 42.6 Å². The number of alkyl halides is 3. The maximum Gasteiger partial charge on any atom is 0.423 e. The second-order valence-corrected chi connectivity index (χ2v) is 8.52. The molecule has 29 heavy (non-hydrogen) atoms. The molecule has 0 unspecified atom stereocenters. The molecular formula is C21H19ClF3N3O. The molecule has 0 radical (unpaired) electrons. The molecule has 0 bridgehead atoms. The van der Waals surface area contributed by atoms with Crippen molar-refractivity contribution in [2.75, 3.05) is 6.61 Å². The van der Waals surface area contributed by atoms with Gasteiger partial charge in [0.05, 0.1) is 6.61 Å². The summed E-state index contributed by atoms with van der Waals surface area (Å²) in [7, 11) is 0. The van der Waals surface area contributed by atoms with E-state index in [2.05, 4.69) is 10.2 Å². The van der Waals surface area contributed by atoms with E-state index in [0.717, 1.165) is 31.2 Å². The molecule has 2 aliphatic rings. The summed E-state index contributed by atoms with van der Waals surface area (Å²) in [4.78, 5) is 0. The van der Waals surface area contributed by atoms with Gasteiger partial charge in [0.1, 0.15) is 17.1 Å². The van der Waals surface area contributed by atoms with Gasteiger partial charge in [-0.1, -0.05) is 23.7 Å². The van der Waals surface area contributed by atoms with Crippen LogP contribution in [0.2, 0.25) is 5.02 Å². The predicted octanol–water partition coefficient (Wildman–Crippen LogP) is 5.46. The summed E-state index contributed by atoms with van der Waals surface area (Å²) in [6.07, 6.45) is 1.57. The topological polar surface area (TPSA) is 39.4 Å². The van der Waals surface area contributed by atoms with Crippen molar-refractivity contribution in [3.8, 4) is 5.75 Å². The lowest BCUT2D eigenvalue weighted by Gasteiger charge is -2.20. The fourth-order valence-electron chi connectivity index (χ4n) is 3.78. The molecule has 0 N–H and O–H groups in total. The van der Waals surface area contributed by atoms with Crippen molar-refractivity contribution in [1.29, 1.82) is 0 Å². The largest absolute Gasteiger partial charge is 0.492 e. The van der Waals surface area contributed by atoms with Crippen molar-refractivity contribution in [2.24, 2.45) is 5.92 Å². The maximum absolute atomic E-state index is 13.9. The van der Waals surface area contributed by atoms with Crippen LogP contribution >= 0.6 is 11.6 Å². The minimum atomic E-state index is -4.58. The fourth-order valence-corrected chi connectivity index (χ4v) is 3.91. The maximum atomic E-state index is 13.9. The van der Waals surface area contributed by atoms with E-state index in [-0.39, 0.29) is 23.4 Å². The third kappa shape index (κ3) is 3.56. The van der Waals surface area contributed by atoms with Crippen LogP contribution < -0.4 is 4.74 Å². The zero-order valence-corrected chi connectivity index (χ0v) is 16.3. The number of pyridine rings is 1. The zero-order chi connectivity index (χ0) is 20.2. The summed E-state index contributed by atoms with van der Waals surface area (Å²) >= 11 is 5.95. The van der Waals surface area contributed by atoms with E-state index in [9.17, 15) is 13.2 Å². The van der Waals surface area contributed by atoms with Crippen molar-refractivity contribution in [1.82, 2.24) is 14.6 Å². The first kappa shape index (κ1) is 18.7. The molecule has 0 amide bonds. The van der Waals surface area contributed by atoms with E-state index in [1.165, 1.54) is 10.5 Å². The normalized spacial score (nSPS) is 18.2. The van der Waals surface area contributed by atoms with Gasteiger partial charge < -0.3 is 4.74 Å². The minimum Gasteiger partial charge on any atom is -0.492 e. The van der Waals surface area contributed by atoms with E-state index in [1.54, 1.807) is 18.3 Å². The second-order valence-electron chi connectivity index (χ2n) is 8.09. The monoisotopic (exact) mass is 421 g/mol. The number of rotatable bonds is 6. The van der Waals surface area contributed by atoms with Gasteiger partial charge in [-0.15, -0.1) is 10.2 Å². The van der Waals surface area contributed by atoms with Gasteiger partial charge in [-0.05, 0) is 55.4 Å². The van der Waals surface area contributed by atoms with Gasteiger partial charge in [-0.3, -0.25) is 4.40 Å². The van der Waals surface area contributed by atoms with Gasteiger partial charge in [0.15, 0.2) is 5.65 Å².